The number of fused-ring (bicyclic) bond motifs is 1. The van der Waals surface area contributed by atoms with Gasteiger partial charge in [-0.15, -0.1) is 0 Å². The third-order valence-electron chi connectivity index (χ3n) is 3.53. The van der Waals surface area contributed by atoms with Gasteiger partial charge in [0.15, 0.2) is 0 Å². The van der Waals surface area contributed by atoms with Crippen LogP contribution in [0.3, 0.4) is 0 Å². The number of nitrogens with zero attached hydrogens (tertiary/aromatic N) is 1. The standard InChI is InChI=1S/C13H17F3N2/c1-3-18-7-11(8(2)17)10-6-9(13(14,15)16)4-5-12(10)18/h4-6,8,11H,3,7,17H2,1-2H3. The summed E-state index contributed by atoms with van der Waals surface area (Å²) in [6.45, 7) is 5.31. The van der Waals surface area contributed by atoms with Gasteiger partial charge in [0.1, 0.15) is 0 Å². The van der Waals surface area contributed by atoms with E-state index < -0.39 is 11.7 Å². The van der Waals surface area contributed by atoms with Crippen LogP contribution >= 0.6 is 0 Å². The summed E-state index contributed by atoms with van der Waals surface area (Å²) in [5.74, 6) is -0.0257. The molecule has 1 heterocycles. The van der Waals surface area contributed by atoms with Gasteiger partial charge in [0.25, 0.3) is 0 Å². The average Bonchev–Trinajstić information content (AvgIpc) is 2.65. The second kappa shape index (κ2) is 4.46. The van der Waals surface area contributed by atoms with E-state index >= 15 is 0 Å². The molecule has 1 aliphatic rings. The quantitative estimate of drug-likeness (QED) is 0.883. The van der Waals surface area contributed by atoms with Gasteiger partial charge in [-0.1, -0.05) is 0 Å². The van der Waals surface area contributed by atoms with E-state index in [0.717, 1.165) is 23.9 Å². The fourth-order valence-electron chi connectivity index (χ4n) is 2.50. The van der Waals surface area contributed by atoms with E-state index in [1.807, 2.05) is 13.8 Å². The van der Waals surface area contributed by atoms with Gasteiger partial charge in [0.05, 0.1) is 5.56 Å². The molecular weight excluding hydrogens is 241 g/mol. The first-order valence-corrected chi connectivity index (χ1v) is 6.06. The Balaban J connectivity index is 2.47. The van der Waals surface area contributed by atoms with Gasteiger partial charge in [0, 0.05) is 30.7 Å². The number of alkyl halides is 3. The molecule has 0 aromatic heterocycles. The summed E-state index contributed by atoms with van der Waals surface area (Å²) < 4.78 is 38.2. The van der Waals surface area contributed by atoms with E-state index in [0.29, 0.717) is 6.54 Å². The molecular formula is C13H17F3N2. The van der Waals surface area contributed by atoms with Gasteiger partial charge in [-0.25, -0.2) is 0 Å². The number of nitrogens with two attached hydrogens (primary N) is 1. The lowest BCUT2D eigenvalue weighted by Crippen LogP contribution is -2.30. The molecule has 0 bridgehead atoms. The van der Waals surface area contributed by atoms with Gasteiger partial charge in [-0.2, -0.15) is 13.2 Å². The first kappa shape index (κ1) is 13.2. The largest absolute Gasteiger partial charge is 0.416 e. The van der Waals surface area contributed by atoms with Crippen molar-refractivity contribution in [3.63, 3.8) is 0 Å². The molecule has 0 fully saturated rings. The Kier molecular flexibility index (Phi) is 3.27. The van der Waals surface area contributed by atoms with Crippen LogP contribution in [0.1, 0.15) is 30.9 Å². The molecule has 18 heavy (non-hydrogen) atoms. The molecule has 0 radical (unpaired) electrons. The minimum absolute atomic E-state index is 0.0257. The zero-order chi connectivity index (χ0) is 13.5. The number of rotatable bonds is 2. The summed E-state index contributed by atoms with van der Waals surface area (Å²) >= 11 is 0. The predicted octanol–water partition coefficient (Wildman–Crippen LogP) is 2.98. The van der Waals surface area contributed by atoms with E-state index in [4.69, 9.17) is 5.73 Å². The molecule has 1 aliphatic heterocycles. The van der Waals surface area contributed by atoms with Gasteiger partial charge in [-0.3, -0.25) is 0 Å². The fraction of sp³-hybridized carbons (Fsp3) is 0.538. The van der Waals surface area contributed by atoms with Gasteiger partial charge in [0.2, 0.25) is 0 Å². The van der Waals surface area contributed by atoms with Crippen LogP contribution in [0.25, 0.3) is 0 Å². The molecule has 0 amide bonds. The number of benzene rings is 1. The van der Waals surface area contributed by atoms with Crippen molar-refractivity contribution in [2.24, 2.45) is 5.73 Å². The van der Waals surface area contributed by atoms with Crippen LogP contribution in [0.5, 0.6) is 0 Å². The van der Waals surface area contributed by atoms with E-state index in [-0.39, 0.29) is 12.0 Å². The first-order valence-electron chi connectivity index (χ1n) is 6.06. The highest BCUT2D eigenvalue weighted by atomic mass is 19.4. The molecule has 5 heteroatoms. The minimum atomic E-state index is -4.29. The molecule has 2 rings (SSSR count). The summed E-state index contributed by atoms with van der Waals surface area (Å²) in [7, 11) is 0. The van der Waals surface area contributed by atoms with E-state index in [9.17, 15) is 13.2 Å². The lowest BCUT2D eigenvalue weighted by Gasteiger charge is -2.18. The molecule has 2 N–H and O–H groups in total. The first-order chi connectivity index (χ1) is 8.34. The van der Waals surface area contributed by atoms with Crippen molar-refractivity contribution >= 4 is 5.69 Å². The molecule has 0 saturated heterocycles. The maximum atomic E-state index is 12.7. The Labute approximate surface area is 105 Å². The lowest BCUT2D eigenvalue weighted by atomic mass is 9.93. The van der Waals surface area contributed by atoms with Crippen molar-refractivity contribution in [1.82, 2.24) is 0 Å². The summed E-state index contributed by atoms with van der Waals surface area (Å²) in [4.78, 5) is 2.07. The Morgan fingerprint density at radius 3 is 2.61 bits per heavy atom. The maximum Gasteiger partial charge on any atom is 0.416 e. The van der Waals surface area contributed by atoms with Crippen molar-refractivity contribution in [3.8, 4) is 0 Å². The second-order valence-corrected chi connectivity index (χ2v) is 4.78. The van der Waals surface area contributed by atoms with E-state index in [1.54, 1.807) is 6.07 Å². The highest BCUT2D eigenvalue weighted by Crippen LogP contribution is 2.41. The normalized spacial score (nSPS) is 21.0. The second-order valence-electron chi connectivity index (χ2n) is 4.78. The monoisotopic (exact) mass is 258 g/mol. The Bertz CT molecular complexity index is 440. The number of anilines is 1. The SMILES string of the molecule is CCN1CC(C(C)N)c2cc(C(F)(F)F)ccc21. The van der Waals surface area contributed by atoms with Crippen molar-refractivity contribution < 1.29 is 13.2 Å². The van der Waals surface area contributed by atoms with Gasteiger partial charge < -0.3 is 10.6 Å². The van der Waals surface area contributed by atoms with Crippen molar-refractivity contribution in [3.05, 3.63) is 29.3 Å². The van der Waals surface area contributed by atoms with Crippen molar-refractivity contribution in [2.75, 3.05) is 18.0 Å². The molecule has 100 valence electrons. The van der Waals surface area contributed by atoms with Gasteiger partial charge in [-0.05, 0) is 37.6 Å². The zero-order valence-electron chi connectivity index (χ0n) is 10.5. The lowest BCUT2D eigenvalue weighted by molar-refractivity contribution is -0.137. The van der Waals surface area contributed by atoms with Crippen molar-refractivity contribution in [2.45, 2.75) is 32.0 Å². The van der Waals surface area contributed by atoms with Crippen LogP contribution < -0.4 is 10.6 Å². The third-order valence-corrected chi connectivity index (χ3v) is 3.53. The highest BCUT2D eigenvalue weighted by Gasteiger charge is 2.35. The van der Waals surface area contributed by atoms with Gasteiger partial charge >= 0.3 is 6.18 Å². The van der Waals surface area contributed by atoms with Crippen LogP contribution in [-0.4, -0.2) is 19.1 Å². The van der Waals surface area contributed by atoms with E-state index in [1.165, 1.54) is 6.07 Å². The van der Waals surface area contributed by atoms with Crippen LogP contribution in [0.15, 0.2) is 18.2 Å². The number of likely N-dealkylation sites (N-methyl/N-ethyl adjacent to an activating group) is 1. The number of hydrogen-bond acceptors (Lipinski definition) is 2. The Morgan fingerprint density at radius 1 is 1.44 bits per heavy atom. The summed E-state index contributed by atoms with van der Waals surface area (Å²) in [6.07, 6.45) is -4.29. The topological polar surface area (TPSA) is 29.3 Å². The molecule has 0 spiro atoms. The third kappa shape index (κ3) is 2.19. The van der Waals surface area contributed by atoms with E-state index in [2.05, 4.69) is 4.90 Å². The molecule has 2 nitrogen and oxygen atoms in total. The van der Waals surface area contributed by atoms with Crippen LogP contribution in [-0.2, 0) is 6.18 Å². The van der Waals surface area contributed by atoms with Crippen LogP contribution in [0.2, 0.25) is 0 Å². The predicted molar refractivity (Wildman–Crippen MR) is 65.7 cm³/mol. The fourth-order valence-corrected chi connectivity index (χ4v) is 2.50. The minimum Gasteiger partial charge on any atom is -0.371 e. The van der Waals surface area contributed by atoms with Crippen LogP contribution in [0.4, 0.5) is 18.9 Å². The summed E-state index contributed by atoms with van der Waals surface area (Å²) in [5, 5.41) is 0. The Hall–Kier alpha value is -1.23. The van der Waals surface area contributed by atoms with Crippen molar-refractivity contribution in [1.29, 1.82) is 0 Å². The highest BCUT2D eigenvalue weighted by molar-refractivity contribution is 5.62. The number of halogens is 3. The zero-order valence-corrected chi connectivity index (χ0v) is 10.5. The average molecular weight is 258 g/mol. The Morgan fingerprint density at radius 2 is 2.11 bits per heavy atom. The number of hydrogen-bond donors (Lipinski definition) is 1. The van der Waals surface area contributed by atoms with Crippen LogP contribution in [0, 0.1) is 0 Å². The molecule has 1 aromatic rings. The smallest absolute Gasteiger partial charge is 0.371 e. The molecule has 2 unspecified atom stereocenters. The maximum absolute atomic E-state index is 12.7. The molecule has 1 aromatic carbocycles. The summed E-state index contributed by atoms with van der Waals surface area (Å²) in [5.41, 5.74) is 6.89. The molecule has 0 saturated carbocycles. The summed E-state index contributed by atoms with van der Waals surface area (Å²) in [6, 6.07) is 3.80. The molecule has 2 atom stereocenters. The molecule has 0 aliphatic carbocycles.